The van der Waals surface area contributed by atoms with Crippen molar-refractivity contribution in [3.8, 4) is 11.5 Å². The van der Waals surface area contributed by atoms with E-state index in [0.29, 0.717) is 28.1 Å². The molecule has 0 aliphatic carbocycles. The molecule has 3 rings (SSSR count). The molecule has 130 valence electrons. The minimum atomic E-state index is -0.151. The SMILES string of the molecule is COc1ccccc1OCc1csc(C(=O)Nc2nc(C)c(C)s2)c1. The number of thiophene rings is 1. The summed E-state index contributed by atoms with van der Waals surface area (Å²) in [5, 5.41) is 5.39. The number of nitrogens with one attached hydrogen (secondary N) is 1. The molecule has 1 N–H and O–H groups in total. The summed E-state index contributed by atoms with van der Waals surface area (Å²) in [6.07, 6.45) is 0. The highest BCUT2D eigenvalue weighted by Gasteiger charge is 2.13. The first-order valence-corrected chi connectivity index (χ1v) is 9.35. The molecule has 0 fully saturated rings. The molecule has 2 heterocycles. The summed E-state index contributed by atoms with van der Waals surface area (Å²) in [5.74, 6) is 1.21. The van der Waals surface area contributed by atoms with E-state index in [9.17, 15) is 4.79 Å². The van der Waals surface area contributed by atoms with Crippen LogP contribution in [0.5, 0.6) is 11.5 Å². The number of amides is 1. The Morgan fingerprint density at radius 1 is 1.24 bits per heavy atom. The lowest BCUT2D eigenvalue weighted by Gasteiger charge is -2.09. The third-order valence-corrected chi connectivity index (χ3v) is 5.56. The quantitative estimate of drug-likeness (QED) is 0.682. The van der Waals surface area contributed by atoms with Gasteiger partial charge in [0.15, 0.2) is 16.6 Å². The maximum Gasteiger partial charge on any atom is 0.267 e. The van der Waals surface area contributed by atoms with Crippen LogP contribution in [-0.4, -0.2) is 18.0 Å². The molecule has 0 unspecified atom stereocenters. The van der Waals surface area contributed by atoms with Crippen molar-refractivity contribution < 1.29 is 14.3 Å². The first kappa shape index (κ1) is 17.4. The molecule has 0 aliphatic rings. The van der Waals surface area contributed by atoms with Crippen LogP contribution in [0.2, 0.25) is 0 Å². The number of ether oxygens (including phenoxy) is 2. The van der Waals surface area contributed by atoms with Crippen molar-refractivity contribution in [2.75, 3.05) is 12.4 Å². The standard InChI is InChI=1S/C18H18N2O3S2/c1-11-12(2)25-18(19-11)20-17(21)16-8-13(10-24-16)9-23-15-7-5-4-6-14(15)22-3/h4-8,10H,9H2,1-3H3,(H,19,20,21). The predicted octanol–water partition coefficient (Wildman–Crippen LogP) is 4.66. The molecule has 7 heteroatoms. The van der Waals surface area contributed by atoms with Gasteiger partial charge in [-0.25, -0.2) is 4.98 Å². The van der Waals surface area contributed by atoms with Crippen LogP contribution in [-0.2, 0) is 6.61 Å². The predicted molar refractivity (Wildman–Crippen MR) is 101 cm³/mol. The summed E-state index contributed by atoms with van der Waals surface area (Å²) in [6, 6.07) is 9.32. The van der Waals surface area contributed by atoms with Gasteiger partial charge in [0.1, 0.15) is 6.61 Å². The number of hydrogen-bond donors (Lipinski definition) is 1. The van der Waals surface area contributed by atoms with Crippen molar-refractivity contribution in [3.05, 3.63) is 56.7 Å². The van der Waals surface area contributed by atoms with Crippen LogP contribution in [0.3, 0.4) is 0 Å². The van der Waals surface area contributed by atoms with Crippen molar-refractivity contribution >= 4 is 33.7 Å². The highest BCUT2D eigenvalue weighted by atomic mass is 32.1. The molecule has 0 atom stereocenters. The van der Waals surface area contributed by atoms with Crippen LogP contribution in [0.4, 0.5) is 5.13 Å². The normalized spacial score (nSPS) is 10.5. The summed E-state index contributed by atoms with van der Waals surface area (Å²) >= 11 is 2.87. The van der Waals surface area contributed by atoms with Crippen LogP contribution < -0.4 is 14.8 Å². The van der Waals surface area contributed by atoms with Gasteiger partial charge in [0, 0.05) is 10.4 Å². The van der Waals surface area contributed by atoms with Gasteiger partial charge in [0.25, 0.3) is 5.91 Å². The molecule has 25 heavy (non-hydrogen) atoms. The Morgan fingerprint density at radius 3 is 2.68 bits per heavy atom. The molecule has 1 aromatic carbocycles. The number of aryl methyl sites for hydroxylation is 2. The summed E-state index contributed by atoms with van der Waals surface area (Å²) in [6.45, 7) is 4.29. The fourth-order valence-corrected chi connectivity index (χ4v) is 3.76. The number of rotatable bonds is 6. The Morgan fingerprint density at radius 2 is 2.00 bits per heavy atom. The Balaban J connectivity index is 1.62. The summed E-state index contributed by atoms with van der Waals surface area (Å²) in [5.41, 5.74) is 1.88. The Bertz CT molecular complexity index is 867. The number of thiazole rings is 1. The highest BCUT2D eigenvalue weighted by Crippen LogP contribution is 2.28. The zero-order valence-electron chi connectivity index (χ0n) is 14.2. The summed E-state index contributed by atoms with van der Waals surface area (Å²) in [4.78, 5) is 18.4. The molecule has 3 aromatic rings. The van der Waals surface area contributed by atoms with E-state index in [1.165, 1.54) is 22.7 Å². The van der Waals surface area contributed by atoms with Crippen molar-refractivity contribution in [2.24, 2.45) is 0 Å². The van der Waals surface area contributed by atoms with Gasteiger partial charge < -0.3 is 9.47 Å². The number of nitrogens with zero attached hydrogens (tertiary/aromatic N) is 1. The topological polar surface area (TPSA) is 60.5 Å². The van der Waals surface area contributed by atoms with E-state index in [2.05, 4.69) is 10.3 Å². The van der Waals surface area contributed by atoms with Crippen LogP contribution in [0.25, 0.3) is 0 Å². The molecule has 1 amide bonds. The molecule has 5 nitrogen and oxygen atoms in total. The number of benzene rings is 1. The number of methoxy groups -OCH3 is 1. The lowest BCUT2D eigenvalue weighted by molar-refractivity contribution is 0.103. The fourth-order valence-electron chi connectivity index (χ4n) is 2.15. The Hall–Kier alpha value is -2.38. The van der Waals surface area contributed by atoms with Crippen LogP contribution >= 0.6 is 22.7 Å². The van der Waals surface area contributed by atoms with Crippen LogP contribution in [0.15, 0.2) is 35.7 Å². The minimum Gasteiger partial charge on any atom is -0.493 e. The number of hydrogen-bond acceptors (Lipinski definition) is 6. The van der Waals surface area contributed by atoms with Crippen LogP contribution in [0.1, 0.15) is 25.8 Å². The van der Waals surface area contributed by atoms with E-state index < -0.39 is 0 Å². The second kappa shape index (κ2) is 7.67. The van der Waals surface area contributed by atoms with Gasteiger partial charge >= 0.3 is 0 Å². The highest BCUT2D eigenvalue weighted by molar-refractivity contribution is 7.16. The van der Waals surface area contributed by atoms with Crippen molar-refractivity contribution in [1.29, 1.82) is 0 Å². The van der Waals surface area contributed by atoms with E-state index in [4.69, 9.17) is 9.47 Å². The Kier molecular flexibility index (Phi) is 5.35. The third-order valence-electron chi connectivity index (χ3n) is 3.59. The first-order chi connectivity index (χ1) is 12.1. The largest absolute Gasteiger partial charge is 0.493 e. The van der Waals surface area contributed by atoms with E-state index >= 15 is 0 Å². The Labute approximate surface area is 154 Å². The summed E-state index contributed by atoms with van der Waals surface area (Å²) < 4.78 is 11.0. The number of carbonyl (C=O) groups excluding carboxylic acids is 1. The molecule has 2 aromatic heterocycles. The van der Waals surface area contributed by atoms with E-state index in [-0.39, 0.29) is 5.91 Å². The van der Waals surface area contributed by atoms with Crippen LogP contribution in [0, 0.1) is 13.8 Å². The molecular weight excluding hydrogens is 356 g/mol. The van der Waals surface area contributed by atoms with Crippen molar-refractivity contribution in [2.45, 2.75) is 20.5 Å². The number of anilines is 1. The number of carbonyl (C=O) groups is 1. The lowest BCUT2D eigenvalue weighted by Crippen LogP contribution is -2.09. The van der Waals surface area contributed by atoms with Gasteiger partial charge in [-0.15, -0.1) is 22.7 Å². The van der Waals surface area contributed by atoms with E-state index in [1.54, 1.807) is 7.11 Å². The number of para-hydroxylation sites is 2. The molecule has 0 bridgehead atoms. The second-order valence-corrected chi connectivity index (χ2v) is 7.49. The molecule has 0 spiro atoms. The van der Waals surface area contributed by atoms with Crippen molar-refractivity contribution in [1.82, 2.24) is 4.98 Å². The monoisotopic (exact) mass is 374 g/mol. The average molecular weight is 374 g/mol. The van der Waals surface area contributed by atoms with E-state index in [1.807, 2.05) is 49.6 Å². The second-order valence-electron chi connectivity index (χ2n) is 5.37. The summed E-state index contributed by atoms with van der Waals surface area (Å²) in [7, 11) is 1.61. The lowest BCUT2D eigenvalue weighted by atomic mass is 10.3. The van der Waals surface area contributed by atoms with Gasteiger partial charge in [-0.3, -0.25) is 10.1 Å². The fraction of sp³-hybridized carbons (Fsp3) is 0.222. The van der Waals surface area contributed by atoms with Gasteiger partial charge in [-0.1, -0.05) is 12.1 Å². The molecule has 0 radical (unpaired) electrons. The average Bonchev–Trinajstić information content (AvgIpc) is 3.20. The molecule has 0 saturated carbocycles. The first-order valence-electron chi connectivity index (χ1n) is 7.65. The molecule has 0 aliphatic heterocycles. The van der Waals surface area contributed by atoms with Crippen molar-refractivity contribution in [3.63, 3.8) is 0 Å². The molecule has 0 saturated heterocycles. The van der Waals surface area contributed by atoms with Gasteiger partial charge in [0.05, 0.1) is 17.7 Å². The van der Waals surface area contributed by atoms with Gasteiger partial charge in [-0.2, -0.15) is 0 Å². The molecular formula is C18H18N2O3S2. The van der Waals surface area contributed by atoms with E-state index in [0.717, 1.165) is 16.1 Å². The number of aromatic nitrogens is 1. The maximum absolute atomic E-state index is 12.3. The zero-order chi connectivity index (χ0) is 17.8. The smallest absolute Gasteiger partial charge is 0.267 e. The van der Waals surface area contributed by atoms with Gasteiger partial charge in [-0.05, 0) is 37.4 Å². The van der Waals surface area contributed by atoms with Gasteiger partial charge in [0.2, 0.25) is 0 Å². The zero-order valence-corrected chi connectivity index (χ0v) is 15.8. The maximum atomic E-state index is 12.3. The minimum absolute atomic E-state index is 0.151. The third kappa shape index (κ3) is 4.18.